The summed E-state index contributed by atoms with van der Waals surface area (Å²) >= 11 is 0. The van der Waals surface area contributed by atoms with E-state index in [0.717, 1.165) is 24.4 Å². The number of likely N-dealkylation sites (tertiary alicyclic amines) is 1. The summed E-state index contributed by atoms with van der Waals surface area (Å²) in [6.07, 6.45) is 6.33. The molecule has 0 spiro atoms. The van der Waals surface area contributed by atoms with Crippen molar-refractivity contribution in [3.8, 4) is 5.75 Å². The smallest absolute Gasteiger partial charge is 0.155 e. The highest BCUT2D eigenvalue weighted by molar-refractivity contribution is 5.40. The van der Waals surface area contributed by atoms with Gasteiger partial charge in [-0.25, -0.2) is 9.50 Å². The Bertz CT molecular complexity index is 566. The van der Waals surface area contributed by atoms with Crippen LogP contribution < -0.4 is 0 Å². The molecule has 1 aliphatic rings. The third-order valence-electron chi connectivity index (χ3n) is 3.93. The van der Waals surface area contributed by atoms with Crippen molar-refractivity contribution in [1.29, 1.82) is 0 Å². The van der Waals surface area contributed by atoms with E-state index in [1.54, 1.807) is 22.8 Å². The number of aromatic nitrogens is 3. The molecule has 0 amide bonds. The number of aromatic hydroxyl groups is 1. The van der Waals surface area contributed by atoms with Crippen LogP contribution in [0.4, 0.5) is 0 Å². The fraction of sp³-hybridized carbons (Fsp3) is 0.571. The molecule has 3 heterocycles. The molecule has 5 nitrogen and oxygen atoms in total. The Morgan fingerprint density at radius 3 is 3.11 bits per heavy atom. The van der Waals surface area contributed by atoms with Crippen LogP contribution in [0.15, 0.2) is 18.3 Å². The van der Waals surface area contributed by atoms with Crippen molar-refractivity contribution in [2.75, 3.05) is 13.1 Å². The average molecular weight is 260 g/mol. The first-order valence-electron chi connectivity index (χ1n) is 7.04. The van der Waals surface area contributed by atoms with Gasteiger partial charge >= 0.3 is 0 Å². The van der Waals surface area contributed by atoms with E-state index in [2.05, 4.69) is 21.9 Å². The van der Waals surface area contributed by atoms with Gasteiger partial charge in [-0.3, -0.25) is 0 Å². The maximum atomic E-state index is 9.44. The van der Waals surface area contributed by atoms with Crippen LogP contribution in [-0.4, -0.2) is 43.7 Å². The molecule has 2 aromatic heterocycles. The molecule has 0 radical (unpaired) electrons. The average Bonchev–Trinajstić information content (AvgIpc) is 2.80. The van der Waals surface area contributed by atoms with Crippen molar-refractivity contribution in [1.82, 2.24) is 19.5 Å². The minimum atomic E-state index is 0.219. The maximum absolute atomic E-state index is 9.44. The summed E-state index contributed by atoms with van der Waals surface area (Å²) in [6, 6.07) is 4.00. The molecule has 102 valence electrons. The Morgan fingerprint density at radius 1 is 1.37 bits per heavy atom. The lowest BCUT2D eigenvalue weighted by Gasteiger charge is -2.34. The second kappa shape index (κ2) is 5.17. The van der Waals surface area contributed by atoms with Gasteiger partial charge in [0.25, 0.3) is 0 Å². The molecule has 3 rings (SSSR count). The van der Waals surface area contributed by atoms with Crippen LogP contribution in [0.3, 0.4) is 0 Å². The van der Waals surface area contributed by atoms with Crippen LogP contribution in [0.1, 0.15) is 32.0 Å². The number of fused-ring (bicyclic) bond motifs is 1. The van der Waals surface area contributed by atoms with Crippen molar-refractivity contribution >= 4 is 5.65 Å². The highest BCUT2D eigenvalue weighted by atomic mass is 16.3. The first-order chi connectivity index (χ1) is 9.26. The summed E-state index contributed by atoms with van der Waals surface area (Å²) in [4.78, 5) is 7.05. The summed E-state index contributed by atoms with van der Waals surface area (Å²) in [5.41, 5.74) is 0.798. The van der Waals surface area contributed by atoms with Crippen molar-refractivity contribution in [3.63, 3.8) is 0 Å². The van der Waals surface area contributed by atoms with Gasteiger partial charge in [-0.05, 0) is 38.1 Å². The van der Waals surface area contributed by atoms with E-state index in [4.69, 9.17) is 0 Å². The normalized spacial score (nSPS) is 21.0. The Balaban J connectivity index is 1.80. The highest BCUT2D eigenvalue weighted by Gasteiger charge is 2.22. The molecule has 19 heavy (non-hydrogen) atoms. The lowest BCUT2D eigenvalue weighted by Crippen LogP contribution is -2.40. The van der Waals surface area contributed by atoms with Gasteiger partial charge in [0.2, 0.25) is 0 Å². The van der Waals surface area contributed by atoms with Crippen molar-refractivity contribution < 1.29 is 5.11 Å². The first kappa shape index (κ1) is 12.4. The maximum Gasteiger partial charge on any atom is 0.155 e. The zero-order valence-electron chi connectivity index (χ0n) is 11.3. The molecule has 0 bridgehead atoms. The van der Waals surface area contributed by atoms with E-state index in [0.29, 0.717) is 6.04 Å². The molecule has 1 atom stereocenters. The Labute approximate surface area is 112 Å². The van der Waals surface area contributed by atoms with Crippen LogP contribution in [0.25, 0.3) is 5.65 Å². The molecule has 1 saturated heterocycles. The Morgan fingerprint density at radius 2 is 2.26 bits per heavy atom. The molecule has 1 aliphatic heterocycles. The van der Waals surface area contributed by atoms with Gasteiger partial charge in [0.05, 0.1) is 6.20 Å². The van der Waals surface area contributed by atoms with Crippen molar-refractivity contribution in [3.05, 3.63) is 24.2 Å². The molecule has 0 saturated carbocycles. The monoisotopic (exact) mass is 260 g/mol. The fourth-order valence-electron chi connectivity index (χ4n) is 2.92. The summed E-state index contributed by atoms with van der Waals surface area (Å²) < 4.78 is 1.66. The van der Waals surface area contributed by atoms with E-state index < -0.39 is 0 Å². The molecule has 2 aromatic rings. The zero-order chi connectivity index (χ0) is 13.2. The number of hydrogen-bond donors (Lipinski definition) is 1. The van der Waals surface area contributed by atoms with E-state index in [-0.39, 0.29) is 5.75 Å². The SMILES string of the molecule is CCN1CCCCC1Cc1nc2ccc(O)cn2n1. The van der Waals surface area contributed by atoms with E-state index in [1.807, 2.05) is 0 Å². The molecule has 0 aromatic carbocycles. The number of nitrogens with zero attached hydrogens (tertiary/aromatic N) is 4. The first-order valence-corrected chi connectivity index (χ1v) is 7.04. The lowest BCUT2D eigenvalue weighted by atomic mass is 9.99. The van der Waals surface area contributed by atoms with Gasteiger partial charge < -0.3 is 10.0 Å². The van der Waals surface area contributed by atoms with Crippen molar-refractivity contribution in [2.45, 2.75) is 38.6 Å². The van der Waals surface area contributed by atoms with E-state index in [9.17, 15) is 5.11 Å². The highest BCUT2D eigenvalue weighted by Crippen LogP contribution is 2.20. The number of hydrogen-bond acceptors (Lipinski definition) is 4. The Kier molecular flexibility index (Phi) is 3.38. The molecular formula is C14H20N4O. The summed E-state index contributed by atoms with van der Waals surface area (Å²) in [5.74, 6) is 1.09. The van der Waals surface area contributed by atoms with Crippen LogP contribution in [0.5, 0.6) is 5.75 Å². The third kappa shape index (κ3) is 2.56. The quantitative estimate of drug-likeness (QED) is 0.915. The molecule has 1 fully saturated rings. The fourth-order valence-corrected chi connectivity index (χ4v) is 2.92. The molecule has 1 N–H and O–H groups in total. The summed E-state index contributed by atoms with van der Waals surface area (Å²) in [7, 11) is 0. The summed E-state index contributed by atoms with van der Waals surface area (Å²) in [5, 5.41) is 13.9. The van der Waals surface area contributed by atoms with Crippen LogP contribution in [-0.2, 0) is 6.42 Å². The Hall–Kier alpha value is -1.62. The topological polar surface area (TPSA) is 53.7 Å². The van der Waals surface area contributed by atoms with Crippen LogP contribution >= 0.6 is 0 Å². The predicted octanol–water partition coefficient (Wildman–Crippen LogP) is 1.85. The van der Waals surface area contributed by atoms with Gasteiger partial charge in [-0.2, -0.15) is 5.10 Å². The van der Waals surface area contributed by atoms with Gasteiger partial charge in [-0.15, -0.1) is 0 Å². The second-order valence-electron chi connectivity index (χ2n) is 5.20. The standard InChI is InChI=1S/C14H20N4O/c1-2-17-8-4-3-5-11(17)9-13-15-14-7-6-12(19)10-18(14)16-13/h6-7,10-11,19H,2-5,8-9H2,1H3. The third-order valence-corrected chi connectivity index (χ3v) is 3.93. The van der Waals surface area contributed by atoms with E-state index in [1.165, 1.54) is 25.8 Å². The van der Waals surface area contributed by atoms with Crippen LogP contribution in [0.2, 0.25) is 0 Å². The predicted molar refractivity (Wildman–Crippen MR) is 73.2 cm³/mol. The van der Waals surface area contributed by atoms with Crippen LogP contribution in [0, 0.1) is 0 Å². The largest absolute Gasteiger partial charge is 0.506 e. The van der Waals surface area contributed by atoms with Gasteiger partial charge in [0, 0.05) is 12.5 Å². The van der Waals surface area contributed by atoms with Gasteiger partial charge in [0.1, 0.15) is 5.75 Å². The lowest BCUT2D eigenvalue weighted by molar-refractivity contribution is 0.154. The number of pyridine rings is 1. The zero-order valence-corrected chi connectivity index (χ0v) is 11.3. The summed E-state index contributed by atoms with van der Waals surface area (Å²) in [6.45, 7) is 4.50. The number of rotatable bonds is 3. The minimum Gasteiger partial charge on any atom is -0.506 e. The molecular weight excluding hydrogens is 240 g/mol. The van der Waals surface area contributed by atoms with Crippen molar-refractivity contribution in [2.24, 2.45) is 0 Å². The number of likely N-dealkylation sites (N-methyl/N-ethyl adjacent to an activating group) is 1. The van der Waals surface area contributed by atoms with Gasteiger partial charge in [0.15, 0.2) is 11.5 Å². The molecule has 1 unspecified atom stereocenters. The van der Waals surface area contributed by atoms with Gasteiger partial charge in [-0.1, -0.05) is 13.3 Å². The second-order valence-corrected chi connectivity index (χ2v) is 5.20. The molecule has 5 heteroatoms. The van der Waals surface area contributed by atoms with E-state index >= 15 is 0 Å². The number of piperidine rings is 1. The molecule has 0 aliphatic carbocycles. The minimum absolute atomic E-state index is 0.219.